The molecular weight excluding hydrogens is 232 g/mol. The van der Waals surface area contributed by atoms with Crippen LogP contribution in [0, 0.1) is 11.8 Å². The van der Waals surface area contributed by atoms with Crippen molar-refractivity contribution in [2.24, 2.45) is 11.8 Å². The minimum absolute atomic E-state index is 0.0763. The van der Waals surface area contributed by atoms with Gasteiger partial charge >= 0.3 is 12.0 Å². The predicted molar refractivity (Wildman–Crippen MR) is 67.3 cm³/mol. The Morgan fingerprint density at radius 3 is 2.39 bits per heavy atom. The highest BCUT2D eigenvalue weighted by Crippen LogP contribution is 2.39. The first-order valence-corrected chi connectivity index (χ1v) is 6.82. The molecule has 0 aromatic rings. The number of aliphatic carboxylic acids is 1. The zero-order chi connectivity index (χ0) is 13.2. The summed E-state index contributed by atoms with van der Waals surface area (Å²) in [4.78, 5) is 22.9. The Balaban J connectivity index is 1.72. The molecule has 1 unspecified atom stereocenters. The number of hydrogen-bond acceptors (Lipinski definition) is 2. The maximum atomic E-state index is 11.7. The van der Waals surface area contributed by atoms with Crippen molar-refractivity contribution in [2.45, 2.75) is 51.0 Å². The van der Waals surface area contributed by atoms with Gasteiger partial charge in [0.2, 0.25) is 0 Å². The second-order valence-electron chi connectivity index (χ2n) is 5.75. The van der Waals surface area contributed by atoms with Gasteiger partial charge in [-0.3, -0.25) is 0 Å². The van der Waals surface area contributed by atoms with E-state index in [2.05, 4.69) is 10.6 Å². The number of carboxylic acid groups (broad SMARTS) is 1. The van der Waals surface area contributed by atoms with E-state index in [9.17, 15) is 14.7 Å². The summed E-state index contributed by atoms with van der Waals surface area (Å²) in [5.41, 5.74) is -1.11. The summed E-state index contributed by atoms with van der Waals surface area (Å²) in [5, 5.41) is 14.6. The van der Waals surface area contributed by atoms with Gasteiger partial charge < -0.3 is 15.7 Å². The normalized spacial score (nSPS) is 22.7. The molecule has 0 aliphatic heterocycles. The van der Waals surface area contributed by atoms with E-state index < -0.39 is 11.5 Å². The number of carbonyl (C=O) groups excluding carboxylic acids is 1. The SMILES string of the molecule is CC(NC(=O)NCCC1CCC1)(C(=O)O)C1CC1. The highest BCUT2D eigenvalue weighted by Gasteiger charge is 2.48. The van der Waals surface area contributed by atoms with E-state index in [4.69, 9.17) is 0 Å². The molecule has 3 N–H and O–H groups in total. The van der Waals surface area contributed by atoms with E-state index in [0.717, 1.165) is 25.2 Å². The van der Waals surface area contributed by atoms with Gasteiger partial charge in [0.25, 0.3) is 0 Å². The molecular formula is C13H22N2O3. The van der Waals surface area contributed by atoms with Gasteiger partial charge in [0.05, 0.1) is 0 Å². The molecule has 0 radical (unpaired) electrons. The van der Waals surface area contributed by atoms with Crippen LogP contribution in [0.2, 0.25) is 0 Å². The molecule has 102 valence electrons. The van der Waals surface area contributed by atoms with E-state index >= 15 is 0 Å². The number of hydrogen-bond donors (Lipinski definition) is 3. The van der Waals surface area contributed by atoms with Crippen LogP contribution >= 0.6 is 0 Å². The average Bonchev–Trinajstić information content (AvgIpc) is 3.04. The molecule has 2 saturated carbocycles. The zero-order valence-electron chi connectivity index (χ0n) is 10.9. The molecule has 2 amide bonds. The van der Waals surface area contributed by atoms with E-state index in [1.54, 1.807) is 6.92 Å². The first-order valence-electron chi connectivity index (χ1n) is 6.82. The lowest BCUT2D eigenvalue weighted by molar-refractivity contribution is -0.144. The van der Waals surface area contributed by atoms with Crippen molar-refractivity contribution in [3.8, 4) is 0 Å². The molecule has 0 spiro atoms. The molecule has 2 rings (SSSR count). The smallest absolute Gasteiger partial charge is 0.329 e. The van der Waals surface area contributed by atoms with Crippen LogP contribution in [0.3, 0.4) is 0 Å². The van der Waals surface area contributed by atoms with E-state index in [0.29, 0.717) is 6.54 Å². The lowest BCUT2D eigenvalue weighted by Crippen LogP contribution is -2.56. The Kier molecular flexibility index (Phi) is 3.78. The number of carboxylic acids is 1. The largest absolute Gasteiger partial charge is 0.480 e. The number of urea groups is 1. The Hall–Kier alpha value is -1.26. The van der Waals surface area contributed by atoms with Crippen molar-refractivity contribution >= 4 is 12.0 Å². The lowest BCUT2D eigenvalue weighted by Gasteiger charge is -2.27. The first kappa shape index (κ1) is 13.2. The predicted octanol–water partition coefficient (Wildman–Crippen LogP) is 1.73. The summed E-state index contributed by atoms with van der Waals surface area (Å²) in [6, 6.07) is -0.355. The van der Waals surface area contributed by atoms with Crippen LogP contribution in [0.4, 0.5) is 4.79 Å². The Bertz CT molecular complexity index is 337. The fraction of sp³-hybridized carbons (Fsp3) is 0.846. The Labute approximate surface area is 107 Å². The highest BCUT2D eigenvalue weighted by molar-refractivity contribution is 5.86. The van der Waals surface area contributed by atoms with Gasteiger partial charge in [-0.05, 0) is 38.0 Å². The van der Waals surface area contributed by atoms with Crippen LogP contribution in [0.15, 0.2) is 0 Å². The van der Waals surface area contributed by atoms with Gasteiger partial charge in [0.1, 0.15) is 5.54 Å². The fourth-order valence-corrected chi connectivity index (χ4v) is 2.44. The number of amides is 2. The van der Waals surface area contributed by atoms with Gasteiger partial charge in [0, 0.05) is 6.54 Å². The van der Waals surface area contributed by atoms with Crippen molar-refractivity contribution in [3.63, 3.8) is 0 Å². The molecule has 0 aromatic heterocycles. The quantitative estimate of drug-likeness (QED) is 0.675. The maximum absolute atomic E-state index is 11.7. The Morgan fingerprint density at radius 2 is 1.94 bits per heavy atom. The molecule has 0 aromatic carbocycles. The van der Waals surface area contributed by atoms with Crippen LogP contribution in [0.25, 0.3) is 0 Å². The number of nitrogens with one attached hydrogen (secondary N) is 2. The third-order valence-electron chi connectivity index (χ3n) is 4.27. The fourth-order valence-electron chi connectivity index (χ4n) is 2.44. The molecule has 0 saturated heterocycles. The summed E-state index contributed by atoms with van der Waals surface area (Å²) in [7, 11) is 0. The van der Waals surface area contributed by atoms with Crippen molar-refractivity contribution in [3.05, 3.63) is 0 Å². The molecule has 2 aliphatic rings. The second kappa shape index (κ2) is 5.16. The van der Waals surface area contributed by atoms with Crippen LogP contribution in [-0.2, 0) is 4.79 Å². The van der Waals surface area contributed by atoms with Gasteiger partial charge in [0.15, 0.2) is 0 Å². The van der Waals surface area contributed by atoms with Crippen LogP contribution in [-0.4, -0.2) is 29.2 Å². The number of carbonyl (C=O) groups is 2. The zero-order valence-corrected chi connectivity index (χ0v) is 10.9. The van der Waals surface area contributed by atoms with E-state index in [-0.39, 0.29) is 11.9 Å². The van der Waals surface area contributed by atoms with Crippen molar-refractivity contribution in [2.75, 3.05) is 6.54 Å². The third kappa shape index (κ3) is 2.94. The average molecular weight is 254 g/mol. The van der Waals surface area contributed by atoms with Gasteiger partial charge in [-0.1, -0.05) is 19.3 Å². The van der Waals surface area contributed by atoms with Crippen LogP contribution < -0.4 is 10.6 Å². The molecule has 18 heavy (non-hydrogen) atoms. The monoisotopic (exact) mass is 254 g/mol. The molecule has 0 heterocycles. The Morgan fingerprint density at radius 1 is 1.28 bits per heavy atom. The molecule has 2 fully saturated rings. The first-order chi connectivity index (χ1) is 8.52. The van der Waals surface area contributed by atoms with Crippen molar-refractivity contribution in [1.82, 2.24) is 10.6 Å². The summed E-state index contributed by atoms with van der Waals surface area (Å²) in [6.07, 6.45) is 6.59. The number of rotatable bonds is 6. The van der Waals surface area contributed by atoms with Crippen LogP contribution in [0.5, 0.6) is 0 Å². The van der Waals surface area contributed by atoms with Crippen LogP contribution in [0.1, 0.15) is 45.4 Å². The minimum atomic E-state index is -1.11. The third-order valence-corrected chi connectivity index (χ3v) is 4.27. The minimum Gasteiger partial charge on any atom is -0.480 e. The van der Waals surface area contributed by atoms with Crippen molar-refractivity contribution < 1.29 is 14.7 Å². The summed E-state index contributed by atoms with van der Waals surface area (Å²) in [5.74, 6) is -0.119. The molecule has 2 aliphatic carbocycles. The molecule has 5 nitrogen and oxygen atoms in total. The van der Waals surface area contributed by atoms with Gasteiger partial charge in [-0.15, -0.1) is 0 Å². The maximum Gasteiger partial charge on any atom is 0.329 e. The standard InChI is InChI=1S/C13H22N2O3/c1-13(11(16)17,10-5-6-10)15-12(18)14-8-7-9-3-2-4-9/h9-10H,2-8H2,1H3,(H,16,17)(H2,14,15,18). The second-order valence-corrected chi connectivity index (χ2v) is 5.75. The van der Waals surface area contributed by atoms with Crippen molar-refractivity contribution in [1.29, 1.82) is 0 Å². The summed E-state index contributed by atoms with van der Waals surface area (Å²) < 4.78 is 0. The summed E-state index contributed by atoms with van der Waals surface area (Å²) >= 11 is 0. The lowest BCUT2D eigenvalue weighted by atomic mass is 9.83. The van der Waals surface area contributed by atoms with E-state index in [1.165, 1.54) is 19.3 Å². The molecule has 0 bridgehead atoms. The van der Waals surface area contributed by atoms with E-state index in [1.807, 2.05) is 0 Å². The van der Waals surface area contributed by atoms with Gasteiger partial charge in [-0.25, -0.2) is 9.59 Å². The molecule has 1 atom stereocenters. The highest BCUT2D eigenvalue weighted by atomic mass is 16.4. The summed E-state index contributed by atoms with van der Waals surface area (Å²) in [6.45, 7) is 2.23. The molecule has 5 heteroatoms. The topological polar surface area (TPSA) is 78.4 Å². The van der Waals surface area contributed by atoms with Gasteiger partial charge in [-0.2, -0.15) is 0 Å².